The van der Waals surface area contributed by atoms with Crippen LogP contribution in [0.5, 0.6) is 5.75 Å². The molecule has 1 N–H and O–H groups in total. The number of aromatic hydroxyl groups is 1. The van der Waals surface area contributed by atoms with Crippen LogP contribution in [-0.2, 0) is 10.0 Å². The molecule has 21 heavy (non-hydrogen) atoms. The van der Waals surface area contributed by atoms with E-state index in [0.717, 1.165) is 18.4 Å². The van der Waals surface area contributed by atoms with E-state index in [9.17, 15) is 13.5 Å². The maximum Gasteiger partial charge on any atom is 0.243 e. The molecule has 1 aliphatic heterocycles. The lowest BCUT2D eigenvalue weighted by molar-refractivity contribution is 0.477. The lowest BCUT2D eigenvalue weighted by atomic mass is 10.1. The molecule has 1 fully saturated rings. The van der Waals surface area contributed by atoms with Gasteiger partial charge in [-0.1, -0.05) is 30.3 Å². The summed E-state index contributed by atoms with van der Waals surface area (Å²) in [6, 6.07) is 13.7. The van der Waals surface area contributed by atoms with Crippen LogP contribution in [0.2, 0.25) is 0 Å². The van der Waals surface area contributed by atoms with E-state index in [2.05, 4.69) is 0 Å². The Bertz CT molecular complexity index is 732. The van der Waals surface area contributed by atoms with Crippen LogP contribution in [0.4, 0.5) is 0 Å². The third-order valence-corrected chi connectivity index (χ3v) is 5.69. The number of para-hydroxylation sites is 1. The molecule has 0 spiro atoms. The first-order valence-corrected chi connectivity index (χ1v) is 8.41. The molecule has 0 aromatic heterocycles. The fourth-order valence-electron chi connectivity index (χ4n) is 2.60. The molecule has 3 rings (SSSR count). The first kappa shape index (κ1) is 14.1. The van der Waals surface area contributed by atoms with Crippen LogP contribution in [0.15, 0.2) is 53.4 Å². The van der Waals surface area contributed by atoms with E-state index in [1.165, 1.54) is 4.31 Å². The molecule has 1 heterocycles. The van der Waals surface area contributed by atoms with E-state index in [4.69, 9.17) is 0 Å². The van der Waals surface area contributed by atoms with Gasteiger partial charge in [0.15, 0.2) is 0 Å². The van der Waals surface area contributed by atoms with Crippen molar-refractivity contribution in [3.05, 3.63) is 48.5 Å². The van der Waals surface area contributed by atoms with E-state index in [1.807, 2.05) is 6.07 Å². The van der Waals surface area contributed by atoms with Gasteiger partial charge in [0.2, 0.25) is 10.0 Å². The van der Waals surface area contributed by atoms with Crippen LogP contribution in [-0.4, -0.2) is 30.9 Å². The number of benzene rings is 2. The molecule has 5 heteroatoms. The van der Waals surface area contributed by atoms with E-state index in [0.29, 0.717) is 23.5 Å². The molecule has 0 atom stereocenters. The predicted molar refractivity (Wildman–Crippen MR) is 81.5 cm³/mol. The lowest BCUT2D eigenvalue weighted by Gasteiger charge is -2.15. The largest absolute Gasteiger partial charge is 0.507 e. The Morgan fingerprint density at radius 2 is 1.52 bits per heavy atom. The number of phenols is 1. The van der Waals surface area contributed by atoms with Gasteiger partial charge in [-0.3, -0.25) is 0 Å². The molecule has 0 amide bonds. The fraction of sp³-hybridized carbons (Fsp3) is 0.250. The predicted octanol–water partition coefficient (Wildman–Crippen LogP) is 2.84. The fourth-order valence-corrected chi connectivity index (χ4v) is 4.12. The summed E-state index contributed by atoms with van der Waals surface area (Å²) in [5.41, 5.74) is 1.50. The monoisotopic (exact) mass is 303 g/mol. The Kier molecular flexibility index (Phi) is 3.69. The minimum Gasteiger partial charge on any atom is -0.507 e. The highest BCUT2D eigenvalue weighted by atomic mass is 32.2. The quantitative estimate of drug-likeness (QED) is 0.948. The van der Waals surface area contributed by atoms with Crippen LogP contribution in [0.1, 0.15) is 12.8 Å². The first-order chi connectivity index (χ1) is 10.1. The van der Waals surface area contributed by atoms with Crippen molar-refractivity contribution in [1.29, 1.82) is 0 Å². The molecule has 0 radical (unpaired) electrons. The maximum absolute atomic E-state index is 12.4. The van der Waals surface area contributed by atoms with Gasteiger partial charge in [-0.15, -0.1) is 0 Å². The third-order valence-electron chi connectivity index (χ3n) is 3.77. The SMILES string of the molecule is O=S(=O)(c1ccc(-c2ccccc2O)cc1)N1CCCC1. The summed E-state index contributed by atoms with van der Waals surface area (Å²) >= 11 is 0. The van der Waals surface area contributed by atoms with Crippen molar-refractivity contribution in [3.63, 3.8) is 0 Å². The van der Waals surface area contributed by atoms with Gasteiger partial charge >= 0.3 is 0 Å². The average Bonchev–Trinajstić information content (AvgIpc) is 3.03. The van der Waals surface area contributed by atoms with Gasteiger partial charge in [-0.2, -0.15) is 4.31 Å². The van der Waals surface area contributed by atoms with Crippen LogP contribution in [0, 0.1) is 0 Å². The topological polar surface area (TPSA) is 57.6 Å². The zero-order chi connectivity index (χ0) is 14.9. The number of rotatable bonds is 3. The molecular formula is C16H17NO3S. The minimum atomic E-state index is -3.38. The average molecular weight is 303 g/mol. The van der Waals surface area contributed by atoms with Crippen molar-refractivity contribution in [2.45, 2.75) is 17.7 Å². The Balaban J connectivity index is 1.93. The number of nitrogens with zero attached hydrogens (tertiary/aromatic N) is 1. The molecule has 0 unspecified atom stereocenters. The van der Waals surface area contributed by atoms with Crippen molar-refractivity contribution in [3.8, 4) is 16.9 Å². The highest BCUT2D eigenvalue weighted by Crippen LogP contribution is 2.30. The van der Waals surface area contributed by atoms with Crippen molar-refractivity contribution in [2.24, 2.45) is 0 Å². The molecule has 4 nitrogen and oxygen atoms in total. The van der Waals surface area contributed by atoms with E-state index in [1.54, 1.807) is 42.5 Å². The second-order valence-electron chi connectivity index (χ2n) is 5.15. The van der Waals surface area contributed by atoms with Crippen molar-refractivity contribution in [2.75, 3.05) is 13.1 Å². The molecule has 0 bridgehead atoms. The van der Waals surface area contributed by atoms with Gasteiger partial charge in [0.1, 0.15) is 5.75 Å². The van der Waals surface area contributed by atoms with Gasteiger partial charge in [0.05, 0.1) is 4.90 Å². The van der Waals surface area contributed by atoms with Gasteiger partial charge in [0.25, 0.3) is 0 Å². The van der Waals surface area contributed by atoms with Gasteiger partial charge in [0, 0.05) is 18.7 Å². The molecule has 2 aromatic rings. The van der Waals surface area contributed by atoms with Crippen molar-refractivity contribution >= 4 is 10.0 Å². The molecule has 1 aliphatic rings. The molecule has 1 saturated heterocycles. The van der Waals surface area contributed by atoms with Crippen LogP contribution in [0.25, 0.3) is 11.1 Å². The zero-order valence-corrected chi connectivity index (χ0v) is 12.4. The summed E-state index contributed by atoms with van der Waals surface area (Å²) in [5.74, 6) is 0.188. The highest BCUT2D eigenvalue weighted by Gasteiger charge is 2.26. The molecule has 2 aromatic carbocycles. The number of hydrogen-bond acceptors (Lipinski definition) is 3. The Hall–Kier alpha value is -1.85. The summed E-state index contributed by atoms with van der Waals surface area (Å²) in [6.45, 7) is 1.20. The van der Waals surface area contributed by atoms with E-state index < -0.39 is 10.0 Å². The Labute approximate surface area is 124 Å². The highest BCUT2D eigenvalue weighted by molar-refractivity contribution is 7.89. The maximum atomic E-state index is 12.4. The lowest BCUT2D eigenvalue weighted by Crippen LogP contribution is -2.27. The van der Waals surface area contributed by atoms with E-state index >= 15 is 0 Å². The minimum absolute atomic E-state index is 0.188. The normalized spacial score (nSPS) is 16.2. The number of sulfonamides is 1. The van der Waals surface area contributed by atoms with Gasteiger partial charge in [-0.25, -0.2) is 8.42 Å². The van der Waals surface area contributed by atoms with E-state index in [-0.39, 0.29) is 5.75 Å². The summed E-state index contributed by atoms with van der Waals surface area (Å²) in [7, 11) is -3.38. The van der Waals surface area contributed by atoms with Gasteiger partial charge in [-0.05, 0) is 36.6 Å². The Morgan fingerprint density at radius 3 is 2.14 bits per heavy atom. The standard InChI is InChI=1S/C16H17NO3S/c18-16-6-2-1-5-15(16)13-7-9-14(10-8-13)21(19,20)17-11-3-4-12-17/h1-2,5-10,18H,3-4,11-12H2. The Morgan fingerprint density at radius 1 is 0.905 bits per heavy atom. The number of hydrogen-bond donors (Lipinski definition) is 1. The second kappa shape index (κ2) is 5.50. The summed E-state index contributed by atoms with van der Waals surface area (Å²) < 4.78 is 26.4. The third kappa shape index (κ3) is 2.66. The van der Waals surface area contributed by atoms with Crippen molar-refractivity contribution in [1.82, 2.24) is 4.31 Å². The summed E-state index contributed by atoms with van der Waals surface area (Å²) in [5, 5.41) is 9.84. The first-order valence-electron chi connectivity index (χ1n) is 6.97. The molecule has 110 valence electrons. The summed E-state index contributed by atoms with van der Waals surface area (Å²) in [6.07, 6.45) is 1.85. The summed E-state index contributed by atoms with van der Waals surface area (Å²) in [4.78, 5) is 0.309. The molecule has 0 aliphatic carbocycles. The second-order valence-corrected chi connectivity index (χ2v) is 7.09. The van der Waals surface area contributed by atoms with Crippen LogP contribution in [0.3, 0.4) is 0 Å². The molecule has 0 saturated carbocycles. The van der Waals surface area contributed by atoms with Gasteiger partial charge < -0.3 is 5.11 Å². The number of phenolic OH excluding ortho intramolecular Hbond substituents is 1. The van der Waals surface area contributed by atoms with Crippen molar-refractivity contribution < 1.29 is 13.5 Å². The molecular weight excluding hydrogens is 286 g/mol. The zero-order valence-electron chi connectivity index (χ0n) is 11.6. The smallest absolute Gasteiger partial charge is 0.243 e. The van der Waals surface area contributed by atoms with Crippen LogP contribution >= 0.6 is 0 Å². The van der Waals surface area contributed by atoms with Crippen LogP contribution < -0.4 is 0 Å².